The molecule has 1 fully saturated rings. The molecular weight excluding hydrogens is 404 g/mol. The molecule has 1 aliphatic rings. The summed E-state index contributed by atoms with van der Waals surface area (Å²) in [5.41, 5.74) is 4.47. The minimum atomic E-state index is 0.0688. The molecule has 3 aromatic carbocycles. The Hall–Kier alpha value is -2.76. The summed E-state index contributed by atoms with van der Waals surface area (Å²) in [5, 5.41) is 3.05. The SMILES string of the molecule is Cc1cc2nc(N(CC3CCCO3)C(=O)Cc3cccc4ccccc34)sc2cc1C. The summed E-state index contributed by atoms with van der Waals surface area (Å²) in [4.78, 5) is 20.3. The second-order valence-corrected chi connectivity index (χ2v) is 9.36. The molecule has 4 aromatic rings. The standard InChI is InChI=1S/C26H26N2O2S/c1-17-13-23-24(14-18(17)2)31-26(27-23)28(16-21-10-6-12-30-21)25(29)15-20-9-5-8-19-7-3-4-11-22(19)20/h3-5,7-9,11,13-14,21H,6,10,12,15-16H2,1-2H3. The van der Waals surface area contributed by atoms with Crippen LogP contribution >= 0.6 is 11.3 Å². The highest BCUT2D eigenvalue weighted by Crippen LogP contribution is 2.32. The van der Waals surface area contributed by atoms with E-state index in [1.807, 2.05) is 23.1 Å². The number of nitrogens with zero attached hydrogens (tertiary/aromatic N) is 2. The average molecular weight is 431 g/mol. The second-order valence-electron chi connectivity index (χ2n) is 8.36. The molecule has 0 bridgehead atoms. The third kappa shape index (κ3) is 4.08. The van der Waals surface area contributed by atoms with Crippen LogP contribution in [0.4, 0.5) is 5.13 Å². The molecule has 0 radical (unpaired) electrons. The van der Waals surface area contributed by atoms with E-state index in [-0.39, 0.29) is 12.0 Å². The van der Waals surface area contributed by atoms with Crippen LogP contribution in [-0.4, -0.2) is 30.1 Å². The van der Waals surface area contributed by atoms with Gasteiger partial charge in [-0.05, 0) is 66.3 Å². The van der Waals surface area contributed by atoms with Crippen molar-refractivity contribution < 1.29 is 9.53 Å². The maximum Gasteiger partial charge on any atom is 0.233 e. The smallest absolute Gasteiger partial charge is 0.233 e. The maximum absolute atomic E-state index is 13.6. The molecule has 5 rings (SSSR count). The molecule has 0 saturated carbocycles. The van der Waals surface area contributed by atoms with Crippen molar-refractivity contribution in [3.05, 3.63) is 71.3 Å². The van der Waals surface area contributed by atoms with E-state index >= 15 is 0 Å². The van der Waals surface area contributed by atoms with E-state index in [2.05, 4.69) is 50.2 Å². The van der Waals surface area contributed by atoms with Crippen molar-refractivity contribution >= 4 is 43.4 Å². The lowest BCUT2D eigenvalue weighted by Gasteiger charge is -2.23. The second kappa shape index (κ2) is 8.40. The largest absolute Gasteiger partial charge is 0.376 e. The van der Waals surface area contributed by atoms with Gasteiger partial charge in [0.05, 0.1) is 29.3 Å². The number of fused-ring (bicyclic) bond motifs is 2. The fourth-order valence-electron chi connectivity index (χ4n) is 4.27. The van der Waals surface area contributed by atoms with Gasteiger partial charge in [0.1, 0.15) is 0 Å². The molecule has 1 unspecified atom stereocenters. The topological polar surface area (TPSA) is 42.4 Å². The fraction of sp³-hybridized carbons (Fsp3) is 0.308. The third-order valence-electron chi connectivity index (χ3n) is 6.16. The maximum atomic E-state index is 13.6. The van der Waals surface area contributed by atoms with Crippen LogP contribution in [0.1, 0.15) is 29.5 Å². The highest BCUT2D eigenvalue weighted by Gasteiger charge is 2.26. The van der Waals surface area contributed by atoms with Crippen LogP contribution in [0.5, 0.6) is 0 Å². The number of hydrogen-bond donors (Lipinski definition) is 0. The molecule has 158 valence electrons. The van der Waals surface area contributed by atoms with E-state index in [1.165, 1.54) is 11.1 Å². The van der Waals surface area contributed by atoms with E-state index in [4.69, 9.17) is 9.72 Å². The third-order valence-corrected chi connectivity index (χ3v) is 7.20. The van der Waals surface area contributed by atoms with Gasteiger partial charge in [-0.3, -0.25) is 9.69 Å². The highest BCUT2D eigenvalue weighted by molar-refractivity contribution is 7.22. The molecule has 0 N–H and O–H groups in total. The highest BCUT2D eigenvalue weighted by atomic mass is 32.1. The van der Waals surface area contributed by atoms with Crippen molar-refractivity contribution in [1.29, 1.82) is 0 Å². The van der Waals surface area contributed by atoms with Gasteiger partial charge >= 0.3 is 0 Å². The van der Waals surface area contributed by atoms with Gasteiger partial charge in [0.2, 0.25) is 5.91 Å². The molecule has 1 atom stereocenters. The summed E-state index contributed by atoms with van der Waals surface area (Å²) in [6, 6.07) is 18.7. The summed E-state index contributed by atoms with van der Waals surface area (Å²) in [6.45, 7) is 5.54. The summed E-state index contributed by atoms with van der Waals surface area (Å²) >= 11 is 1.59. The quantitative estimate of drug-likeness (QED) is 0.401. The van der Waals surface area contributed by atoms with E-state index < -0.39 is 0 Å². The number of thiazole rings is 1. The van der Waals surface area contributed by atoms with Crippen molar-refractivity contribution in [2.24, 2.45) is 0 Å². The average Bonchev–Trinajstić information content (AvgIpc) is 3.42. The Morgan fingerprint density at radius 1 is 1.13 bits per heavy atom. The zero-order chi connectivity index (χ0) is 21.4. The predicted octanol–water partition coefficient (Wildman–Crippen LogP) is 5.82. The molecular formula is C26H26N2O2S. The van der Waals surface area contributed by atoms with Crippen molar-refractivity contribution in [3.63, 3.8) is 0 Å². The molecule has 1 aliphatic heterocycles. The zero-order valence-corrected chi connectivity index (χ0v) is 18.7. The van der Waals surface area contributed by atoms with Crippen LogP contribution in [0, 0.1) is 13.8 Å². The summed E-state index contributed by atoms with van der Waals surface area (Å²) in [7, 11) is 0. The predicted molar refractivity (Wildman–Crippen MR) is 128 cm³/mol. The van der Waals surface area contributed by atoms with E-state index in [0.29, 0.717) is 13.0 Å². The fourth-order valence-corrected chi connectivity index (χ4v) is 5.34. The van der Waals surface area contributed by atoms with Crippen LogP contribution < -0.4 is 4.90 Å². The molecule has 1 saturated heterocycles. The van der Waals surface area contributed by atoms with Crippen LogP contribution in [-0.2, 0) is 16.0 Å². The van der Waals surface area contributed by atoms with Gasteiger partial charge in [-0.1, -0.05) is 53.8 Å². The van der Waals surface area contributed by atoms with Crippen LogP contribution in [0.15, 0.2) is 54.6 Å². The van der Waals surface area contributed by atoms with Crippen molar-refractivity contribution in [2.75, 3.05) is 18.1 Å². The minimum absolute atomic E-state index is 0.0688. The Morgan fingerprint density at radius 2 is 1.94 bits per heavy atom. The van der Waals surface area contributed by atoms with Gasteiger partial charge in [0, 0.05) is 6.61 Å². The van der Waals surface area contributed by atoms with Crippen LogP contribution in [0.3, 0.4) is 0 Å². The first-order valence-corrected chi connectivity index (χ1v) is 11.7. The number of amides is 1. The normalized spacial score (nSPS) is 16.3. The molecule has 0 spiro atoms. The Balaban J connectivity index is 1.50. The summed E-state index contributed by atoms with van der Waals surface area (Å²) in [6.07, 6.45) is 2.46. The lowest BCUT2D eigenvalue weighted by molar-refractivity contribution is -0.118. The first-order valence-electron chi connectivity index (χ1n) is 10.8. The number of carbonyl (C=O) groups excluding carboxylic acids is 1. The summed E-state index contributed by atoms with van der Waals surface area (Å²) in [5.74, 6) is 0.0688. The molecule has 4 nitrogen and oxygen atoms in total. The van der Waals surface area contributed by atoms with E-state index in [1.54, 1.807) is 11.3 Å². The lowest BCUT2D eigenvalue weighted by atomic mass is 10.0. The Bertz CT molecular complexity index is 1210. The number of benzene rings is 3. The van der Waals surface area contributed by atoms with E-state index in [0.717, 1.165) is 51.1 Å². The lowest BCUT2D eigenvalue weighted by Crippen LogP contribution is -2.38. The number of anilines is 1. The first-order chi connectivity index (χ1) is 15.1. The van der Waals surface area contributed by atoms with Crippen LogP contribution in [0.25, 0.3) is 21.0 Å². The number of hydrogen-bond acceptors (Lipinski definition) is 4. The first kappa shape index (κ1) is 20.2. The number of carbonyl (C=O) groups is 1. The van der Waals surface area contributed by atoms with Crippen molar-refractivity contribution in [1.82, 2.24) is 4.98 Å². The Labute approximate surface area is 186 Å². The number of aromatic nitrogens is 1. The van der Waals surface area contributed by atoms with Gasteiger partial charge in [-0.25, -0.2) is 4.98 Å². The Morgan fingerprint density at radius 3 is 2.77 bits per heavy atom. The zero-order valence-electron chi connectivity index (χ0n) is 17.9. The Kier molecular flexibility index (Phi) is 5.47. The molecule has 0 aliphatic carbocycles. The van der Waals surface area contributed by atoms with Gasteiger partial charge in [0.25, 0.3) is 0 Å². The van der Waals surface area contributed by atoms with Gasteiger partial charge in [-0.2, -0.15) is 0 Å². The van der Waals surface area contributed by atoms with Crippen molar-refractivity contribution in [3.8, 4) is 0 Å². The minimum Gasteiger partial charge on any atom is -0.376 e. The van der Waals surface area contributed by atoms with Gasteiger partial charge in [-0.15, -0.1) is 0 Å². The summed E-state index contributed by atoms with van der Waals surface area (Å²) < 4.78 is 6.99. The van der Waals surface area contributed by atoms with E-state index in [9.17, 15) is 4.79 Å². The molecule has 1 aromatic heterocycles. The number of rotatable bonds is 5. The molecule has 1 amide bonds. The molecule has 31 heavy (non-hydrogen) atoms. The van der Waals surface area contributed by atoms with Crippen LogP contribution in [0.2, 0.25) is 0 Å². The number of ether oxygens (including phenoxy) is 1. The van der Waals surface area contributed by atoms with Gasteiger partial charge < -0.3 is 4.74 Å². The molecule has 5 heteroatoms. The monoisotopic (exact) mass is 430 g/mol. The molecule has 2 heterocycles. The van der Waals surface area contributed by atoms with Crippen molar-refractivity contribution in [2.45, 2.75) is 39.2 Å². The number of aryl methyl sites for hydroxylation is 2. The van der Waals surface area contributed by atoms with Gasteiger partial charge in [0.15, 0.2) is 5.13 Å².